The van der Waals surface area contributed by atoms with Gasteiger partial charge in [-0.15, -0.1) is 0 Å². The first-order chi connectivity index (χ1) is 13.9. The zero-order chi connectivity index (χ0) is 21.0. The van der Waals surface area contributed by atoms with Crippen molar-refractivity contribution in [3.05, 3.63) is 76.4 Å². The summed E-state index contributed by atoms with van der Waals surface area (Å²) in [6.45, 7) is 0. The summed E-state index contributed by atoms with van der Waals surface area (Å²) in [4.78, 5) is 25.2. The summed E-state index contributed by atoms with van der Waals surface area (Å²) in [5.74, 6) is -0.275. The maximum atomic E-state index is 12.6. The van der Waals surface area contributed by atoms with E-state index in [9.17, 15) is 9.59 Å². The number of nitrogens with zero attached hydrogens (tertiary/aromatic N) is 2. The van der Waals surface area contributed by atoms with Gasteiger partial charge in [-0.25, -0.2) is 0 Å². The Kier molecular flexibility index (Phi) is 5.94. The standard InChI is InChI=1S/C20H19ClN6O2/c1-23-17(22)12-3-5-13(6-4-12)19(28)26-18-16(11-24-27(18)2)20(29)25-15-9-7-14(21)8-10-15/h3-11H,1-2H3,(H2,22,23)(H,25,29)(H,26,28). The van der Waals surface area contributed by atoms with Crippen LogP contribution in [0.25, 0.3) is 0 Å². The fourth-order valence-corrected chi connectivity index (χ4v) is 2.72. The molecule has 0 spiro atoms. The molecule has 0 aliphatic rings. The van der Waals surface area contributed by atoms with Gasteiger partial charge in [-0.3, -0.25) is 19.7 Å². The smallest absolute Gasteiger partial charge is 0.261 e. The van der Waals surface area contributed by atoms with Crippen molar-refractivity contribution in [3.63, 3.8) is 0 Å². The minimum absolute atomic E-state index is 0.226. The summed E-state index contributed by atoms with van der Waals surface area (Å²) in [6.07, 6.45) is 1.39. The second-order valence-electron chi connectivity index (χ2n) is 6.15. The number of carbonyl (C=O) groups is 2. The number of amides is 2. The Bertz CT molecular complexity index is 1060. The van der Waals surface area contributed by atoms with Gasteiger partial charge in [0.1, 0.15) is 17.2 Å². The summed E-state index contributed by atoms with van der Waals surface area (Å²) < 4.78 is 1.42. The lowest BCUT2D eigenvalue weighted by Gasteiger charge is -2.10. The minimum atomic E-state index is -0.409. The van der Waals surface area contributed by atoms with Crippen LogP contribution in [0.15, 0.2) is 54.7 Å². The molecule has 1 aromatic heterocycles. The molecule has 4 N–H and O–H groups in total. The second-order valence-corrected chi connectivity index (χ2v) is 6.58. The first kappa shape index (κ1) is 20.1. The Morgan fingerprint density at radius 1 is 0.966 bits per heavy atom. The number of carbonyl (C=O) groups excluding carboxylic acids is 2. The van der Waals surface area contributed by atoms with E-state index in [1.165, 1.54) is 10.9 Å². The van der Waals surface area contributed by atoms with Gasteiger partial charge >= 0.3 is 0 Å². The molecular formula is C20H19ClN6O2. The molecule has 1 heterocycles. The van der Waals surface area contributed by atoms with E-state index in [-0.39, 0.29) is 17.2 Å². The van der Waals surface area contributed by atoms with E-state index in [1.807, 2.05) is 0 Å². The number of aromatic nitrogens is 2. The fraction of sp³-hybridized carbons (Fsp3) is 0.100. The summed E-state index contributed by atoms with van der Waals surface area (Å²) in [5, 5.41) is 20.6. The normalized spacial score (nSPS) is 10.3. The van der Waals surface area contributed by atoms with Crippen LogP contribution in [0.5, 0.6) is 0 Å². The number of rotatable bonds is 5. The number of hydrogen-bond donors (Lipinski definition) is 4. The first-order valence-corrected chi connectivity index (χ1v) is 9.04. The quantitative estimate of drug-likeness (QED) is 0.382. The Morgan fingerprint density at radius 2 is 1.59 bits per heavy atom. The zero-order valence-electron chi connectivity index (χ0n) is 15.8. The van der Waals surface area contributed by atoms with Crippen LogP contribution in [0.3, 0.4) is 0 Å². The summed E-state index contributed by atoms with van der Waals surface area (Å²) in [7, 11) is 3.29. The van der Waals surface area contributed by atoms with Gasteiger partial charge in [0.05, 0.1) is 6.20 Å². The van der Waals surface area contributed by atoms with Crippen LogP contribution < -0.4 is 16.0 Å². The van der Waals surface area contributed by atoms with Crippen LogP contribution >= 0.6 is 11.6 Å². The molecule has 0 unspecified atom stereocenters. The molecule has 0 aliphatic heterocycles. The molecule has 9 heteroatoms. The third-order valence-electron chi connectivity index (χ3n) is 4.20. The van der Waals surface area contributed by atoms with Gasteiger partial charge in [-0.1, -0.05) is 23.7 Å². The Labute approximate surface area is 172 Å². The molecule has 8 nitrogen and oxygen atoms in total. The average molecular weight is 411 g/mol. The van der Waals surface area contributed by atoms with Gasteiger partial charge in [0.15, 0.2) is 0 Å². The number of benzene rings is 2. The zero-order valence-corrected chi connectivity index (χ0v) is 16.5. The van der Waals surface area contributed by atoms with E-state index in [0.717, 1.165) is 0 Å². The van der Waals surface area contributed by atoms with E-state index in [2.05, 4.69) is 21.0 Å². The van der Waals surface area contributed by atoms with E-state index < -0.39 is 11.8 Å². The van der Waals surface area contributed by atoms with E-state index in [0.29, 0.717) is 21.8 Å². The molecule has 0 radical (unpaired) electrons. The van der Waals surface area contributed by atoms with Gasteiger partial charge in [0.25, 0.3) is 11.8 Å². The van der Waals surface area contributed by atoms with Crippen LogP contribution in [0.1, 0.15) is 26.3 Å². The van der Waals surface area contributed by atoms with Crippen molar-refractivity contribution in [2.24, 2.45) is 7.05 Å². The largest absolute Gasteiger partial charge is 0.373 e. The maximum Gasteiger partial charge on any atom is 0.261 e. The van der Waals surface area contributed by atoms with E-state index in [4.69, 9.17) is 17.0 Å². The number of hydrogen-bond acceptors (Lipinski definition) is 4. The predicted octanol–water partition coefficient (Wildman–Crippen LogP) is 3.12. The van der Waals surface area contributed by atoms with E-state index in [1.54, 1.807) is 62.6 Å². The number of halogens is 1. The highest BCUT2D eigenvalue weighted by Gasteiger charge is 2.19. The van der Waals surface area contributed by atoms with Crippen LogP contribution in [-0.4, -0.2) is 34.5 Å². The molecule has 0 saturated heterocycles. The Morgan fingerprint density at radius 3 is 2.21 bits per heavy atom. The molecule has 0 fully saturated rings. The third kappa shape index (κ3) is 4.61. The van der Waals surface area contributed by atoms with Gasteiger partial charge in [-0.2, -0.15) is 5.10 Å². The molecule has 0 saturated carbocycles. The van der Waals surface area contributed by atoms with E-state index >= 15 is 0 Å². The number of nitrogens with one attached hydrogen (secondary N) is 4. The lowest BCUT2D eigenvalue weighted by Crippen LogP contribution is -2.20. The Balaban J connectivity index is 1.76. The molecule has 148 valence electrons. The van der Waals surface area contributed by atoms with Crippen molar-refractivity contribution in [2.75, 3.05) is 17.7 Å². The molecule has 2 amide bonds. The van der Waals surface area contributed by atoms with Crippen molar-refractivity contribution >= 4 is 40.8 Å². The minimum Gasteiger partial charge on any atom is -0.373 e. The first-order valence-electron chi connectivity index (χ1n) is 8.66. The van der Waals surface area contributed by atoms with Crippen LogP contribution in [-0.2, 0) is 7.05 Å². The second kappa shape index (κ2) is 8.57. The van der Waals surface area contributed by atoms with Gasteiger partial charge in [0, 0.05) is 35.9 Å². The third-order valence-corrected chi connectivity index (χ3v) is 4.46. The number of aryl methyl sites for hydroxylation is 1. The van der Waals surface area contributed by atoms with Gasteiger partial charge in [0.2, 0.25) is 0 Å². The monoisotopic (exact) mass is 410 g/mol. The van der Waals surface area contributed by atoms with Crippen LogP contribution in [0.2, 0.25) is 5.02 Å². The highest BCUT2D eigenvalue weighted by Crippen LogP contribution is 2.19. The fourth-order valence-electron chi connectivity index (χ4n) is 2.60. The lowest BCUT2D eigenvalue weighted by molar-refractivity contribution is 0.102. The van der Waals surface area contributed by atoms with Crippen LogP contribution in [0.4, 0.5) is 11.5 Å². The topological polar surface area (TPSA) is 112 Å². The van der Waals surface area contributed by atoms with Gasteiger partial charge < -0.3 is 16.0 Å². The van der Waals surface area contributed by atoms with Crippen molar-refractivity contribution in [1.82, 2.24) is 15.1 Å². The molecule has 2 aromatic carbocycles. The highest BCUT2D eigenvalue weighted by atomic mass is 35.5. The number of anilines is 2. The molecule has 0 aliphatic carbocycles. The molecule has 0 bridgehead atoms. The molecule has 0 atom stereocenters. The van der Waals surface area contributed by atoms with Gasteiger partial charge in [-0.05, 0) is 36.4 Å². The van der Waals surface area contributed by atoms with Crippen molar-refractivity contribution in [2.45, 2.75) is 0 Å². The molecule has 3 rings (SSSR count). The Hall–Kier alpha value is -3.65. The summed E-state index contributed by atoms with van der Waals surface area (Å²) in [5.41, 5.74) is 1.85. The average Bonchev–Trinajstić information content (AvgIpc) is 3.09. The molecule has 29 heavy (non-hydrogen) atoms. The number of amidine groups is 1. The predicted molar refractivity (Wildman–Crippen MR) is 113 cm³/mol. The van der Waals surface area contributed by atoms with Crippen molar-refractivity contribution in [1.29, 1.82) is 5.41 Å². The molecular weight excluding hydrogens is 392 g/mol. The summed E-state index contributed by atoms with van der Waals surface area (Å²) in [6, 6.07) is 13.3. The lowest BCUT2D eigenvalue weighted by atomic mass is 10.1. The van der Waals surface area contributed by atoms with Crippen molar-refractivity contribution in [3.8, 4) is 0 Å². The molecule has 3 aromatic rings. The maximum absolute atomic E-state index is 12.6. The highest BCUT2D eigenvalue weighted by molar-refractivity contribution is 6.30. The summed E-state index contributed by atoms with van der Waals surface area (Å²) >= 11 is 5.86. The SMILES string of the molecule is CNC(=N)c1ccc(C(=O)Nc2c(C(=O)Nc3ccc(Cl)cc3)cnn2C)cc1. The van der Waals surface area contributed by atoms with Crippen LogP contribution in [0, 0.1) is 5.41 Å². The van der Waals surface area contributed by atoms with Crippen molar-refractivity contribution < 1.29 is 9.59 Å².